The van der Waals surface area contributed by atoms with Gasteiger partial charge in [0.15, 0.2) is 0 Å². The summed E-state index contributed by atoms with van der Waals surface area (Å²) in [6, 6.07) is 8.14. The predicted molar refractivity (Wildman–Crippen MR) is 75.8 cm³/mol. The van der Waals surface area contributed by atoms with Crippen molar-refractivity contribution in [3.05, 3.63) is 29.8 Å². The van der Waals surface area contributed by atoms with Crippen molar-refractivity contribution in [2.45, 2.75) is 39.8 Å². The average Bonchev–Trinajstić information content (AvgIpc) is 2.28. The molecule has 0 saturated heterocycles. The fourth-order valence-electron chi connectivity index (χ4n) is 1.74. The lowest BCUT2D eigenvalue weighted by Gasteiger charge is -2.15. The first-order chi connectivity index (χ1) is 8.52. The average molecular weight is 249 g/mol. The Morgan fingerprint density at radius 1 is 1.28 bits per heavy atom. The second-order valence-corrected chi connectivity index (χ2v) is 4.66. The van der Waals surface area contributed by atoms with Crippen LogP contribution in [0.2, 0.25) is 0 Å². The lowest BCUT2D eigenvalue weighted by molar-refractivity contribution is 0.250. The van der Waals surface area contributed by atoms with E-state index >= 15 is 0 Å². The Bertz CT molecular complexity index is 390. The molecule has 1 atom stereocenters. The van der Waals surface area contributed by atoms with Crippen LogP contribution in [0.1, 0.15) is 39.3 Å². The van der Waals surface area contributed by atoms with E-state index in [4.69, 9.17) is 0 Å². The van der Waals surface area contributed by atoms with Crippen LogP contribution in [-0.4, -0.2) is 18.6 Å². The smallest absolute Gasteiger partial charge is 0.319 e. The van der Waals surface area contributed by atoms with Crippen LogP contribution >= 0.6 is 0 Å². The van der Waals surface area contributed by atoms with Gasteiger partial charge in [0.05, 0.1) is 0 Å². The van der Waals surface area contributed by atoms with Crippen molar-refractivity contribution in [3.63, 3.8) is 0 Å². The van der Waals surface area contributed by atoms with E-state index in [2.05, 4.69) is 35.9 Å². The number of rotatable bonds is 5. The van der Waals surface area contributed by atoms with Crippen molar-refractivity contribution in [1.82, 2.24) is 10.6 Å². The van der Waals surface area contributed by atoms with Gasteiger partial charge in [0, 0.05) is 17.8 Å². The standard InChI is InChI=1S/C14H23N3O/c1-5-15-11(4)12-7-6-8-13(9-12)17-14(18)16-10(2)3/h6-11,15H,5H2,1-4H3,(H2,16,17,18). The molecular weight excluding hydrogens is 226 g/mol. The Balaban J connectivity index is 2.67. The van der Waals surface area contributed by atoms with Gasteiger partial charge in [-0.05, 0) is 45.0 Å². The molecular formula is C14H23N3O. The van der Waals surface area contributed by atoms with Gasteiger partial charge in [-0.25, -0.2) is 4.79 Å². The quantitative estimate of drug-likeness (QED) is 0.751. The zero-order valence-corrected chi connectivity index (χ0v) is 11.6. The Labute approximate surface area is 109 Å². The van der Waals surface area contributed by atoms with Gasteiger partial charge in [0.1, 0.15) is 0 Å². The maximum absolute atomic E-state index is 11.6. The van der Waals surface area contributed by atoms with Gasteiger partial charge >= 0.3 is 6.03 Å². The summed E-state index contributed by atoms with van der Waals surface area (Å²) in [7, 11) is 0. The van der Waals surface area contributed by atoms with Crippen molar-refractivity contribution in [3.8, 4) is 0 Å². The molecule has 0 bridgehead atoms. The van der Waals surface area contributed by atoms with Crippen molar-refractivity contribution in [2.75, 3.05) is 11.9 Å². The van der Waals surface area contributed by atoms with Gasteiger partial charge in [0.25, 0.3) is 0 Å². The second kappa shape index (κ2) is 7.01. The molecule has 0 heterocycles. The van der Waals surface area contributed by atoms with Gasteiger partial charge in [-0.3, -0.25) is 0 Å². The minimum Gasteiger partial charge on any atom is -0.336 e. The zero-order chi connectivity index (χ0) is 13.5. The summed E-state index contributed by atoms with van der Waals surface area (Å²) in [5.41, 5.74) is 1.98. The molecule has 0 saturated carbocycles. The van der Waals surface area contributed by atoms with E-state index in [0.717, 1.165) is 12.2 Å². The monoisotopic (exact) mass is 249 g/mol. The minimum absolute atomic E-state index is 0.133. The summed E-state index contributed by atoms with van der Waals surface area (Å²) in [6.45, 7) is 8.98. The highest BCUT2D eigenvalue weighted by Gasteiger charge is 2.06. The molecule has 1 rings (SSSR count). The van der Waals surface area contributed by atoms with Crippen LogP contribution in [0.15, 0.2) is 24.3 Å². The van der Waals surface area contributed by atoms with E-state index in [9.17, 15) is 4.79 Å². The first kappa shape index (κ1) is 14.5. The summed E-state index contributed by atoms with van der Waals surface area (Å²) >= 11 is 0. The Hall–Kier alpha value is -1.55. The second-order valence-electron chi connectivity index (χ2n) is 4.66. The van der Waals surface area contributed by atoms with Crippen molar-refractivity contribution in [1.29, 1.82) is 0 Å². The van der Waals surface area contributed by atoms with Crippen LogP contribution in [0.3, 0.4) is 0 Å². The van der Waals surface area contributed by atoms with Gasteiger partial charge in [0.2, 0.25) is 0 Å². The van der Waals surface area contributed by atoms with E-state index in [-0.39, 0.29) is 18.1 Å². The van der Waals surface area contributed by atoms with Gasteiger partial charge < -0.3 is 16.0 Å². The van der Waals surface area contributed by atoms with E-state index in [1.807, 2.05) is 32.0 Å². The molecule has 0 aliphatic rings. The molecule has 18 heavy (non-hydrogen) atoms. The maximum atomic E-state index is 11.6. The molecule has 1 aromatic carbocycles. The highest BCUT2D eigenvalue weighted by Crippen LogP contribution is 2.17. The number of carbonyl (C=O) groups is 1. The molecule has 4 heteroatoms. The molecule has 1 aromatic rings. The number of benzene rings is 1. The lowest BCUT2D eigenvalue weighted by Crippen LogP contribution is -2.34. The van der Waals surface area contributed by atoms with Gasteiger partial charge in [-0.1, -0.05) is 19.1 Å². The SMILES string of the molecule is CCNC(C)c1cccc(NC(=O)NC(C)C)c1. The Morgan fingerprint density at radius 3 is 2.61 bits per heavy atom. The number of urea groups is 1. The molecule has 2 amide bonds. The molecule has 0 spiro atoms. The number of nitrogens with one attached hydrogen (secondary N) is 3. The van der Waals surface area contributed by atoms with Gasteiger partial charge in [-0.2, -0.15) is 0 Å². The third kappa shape index (κ3) is 4.75. The van der Waals surface area contributed by atoms with E-state index in [0.29, 0.717) is 0 Å². The third-order valence-electron chi connectivity index (χ3n) is 2.57. The zero-order valence-electron chi connectivity index (χ0n) is 11.6. The maximum Gasteiger partial charge on any atom is 0.319 e. The fraction of sp³-hybridized carbons (Fsp3) is 0.500. The molecule has 4 nitrogen and oxygen atoms in total. The highest BCUT2D eigenvalue weighted by atomic mass is 16.2. The van der Waals surface area contributed by atoms with Crippen LogP contribution in [0, 0.1) is 0 Å². The number of hydrogen-bond donors (Lipinski definition) is 3. The highest BCUT2D eigenvalue weighted by molar-refractivity contribution is 5.89. The molecule has 1 unspecified atom stereocenters. The molecule has 0 aromatic heterocycles. The molecule has 0 aliphatic carbocycles. The van der Waals surface area contributed by atoms with Crippen LogP contribution < -0.4 is 16.0 Å². The van der Waals surface area contributed by atoms with Crippen LogP contribution in [0.4, 0.5) is 10.5 Å². The van der Waals surface area contributed by atoms with Crippen LogP contribution in [0.25, 0.3) is 0 Å². The van der Waals surface area contributed by atoms with Crippen molar-refractivity contribution >= 4 is 11.7 Å². The first-order valence-corrected chi connectivity index (χ1v) is 6.43. The number of carbonyl (C=O) groups excluding carboxylic acids is 1. The Kier molecular flexibility index (Phi) is 5.65. The van der Waals surface area contributed by atoms with Gasteiger partial charge in [-0.15, -0.1) is 0 Å². The molecule has 0 aliphatic heterocycles. The molecule has 100 valence electrons. The summed E-state index contributed by atoms with van der Waals surface area (Å²) in [5.74, 6) is 0. The fourth-order valence-corrected chi connectivity index (χ4v) is 1.74. The van der Waals surface area contributed by atoms with E-state index in [1.165, 1.54) is 5.56 Å². The number of amides is 2. The lowest BCUT2D eigenvalue weighted by atomic mass is 10.1. The van der Waals surface area contributed by atoms with Crippen LogP contribution in [-0.2, 0) is 0 Å². The van der Waals surface area contributed by atoms with Crippen molar-refractivity contribution < 1.29 is 4.79 Å². The predicted octanol–water partition coefficient (Wildman–Crippen LogP) is 2.89. The summed E-state index contributed by atoms with van der Waals surface area (Å²) in [6.07, 6.45) is 0. The number of hydrogen-bond acceptors (Lipinski definition) is 2. The third-order valence-corrected chi connectivity index (χ3v) is 2.57. The molecule has 0 radical (unpaired) electrons. The Morgan fingerprint density at radius 2 is 2.00 bits per heavy atom. The normalized spacial score (nSPS) is 12.3. The number of anilines is 1. The molecule has 0 fully saturated rings. The van der Waals surface area contributed by atoms with E-state index < -0.39 is 0 Å². The summed E-state index contributed by atoms with van der Waals surface area (Å²) in [5, 5.41) is 8.98. The van der Waals surface area contributed by atoms with Crippen LogP contribution in [0.5, 0.6) is 0 Å². The summed E-state index contributed by atoms with van der Waals surface area (Å²) < 4.78 is 0. The first-order valence-electron chi connectivity index (χ1n) is 6.43. The topological polar surface area (TPSA) is 53.2 Å². The van der Waals surface area contributed by atoms with E-state index in [1.54, 1.807) is 0 Å². The van der Waals surface area contributed by atoms with Crippen molar-refractivity contribution in [2.24, 2.45) is 0 Å². The largest absolute Gasteiger partial charge is 0.336 e. The minimum atomic E-state index is -0.168. The summed E-state index contributed by atoms with van der Waals surface area (Å²) in [4.78, 5) is 11.6. The molecule has 3 N–H and O–H groups in total.